The molecule has 1 saturated heterocycles. The maximum atomic E-state index is 13.1. The van der Waals surface area contributed by atoms with Crippen molar-refractivity contribution < 1.29 is 23.5 Å². The number of carbonyl (C=O) groups is 2. The molecular weight excluding hydrogens is 441 g/mol. The van der Waals surface area contributed by atoms with E-state index < -0.39 is 0 Å². The zero-order chi connectivity index (χ0) is 23.7. The first-order valence-corrected chi connectivity index (χ1v) is 11.1. The minimum absolute atomic E-state index is 0.175. The van der Waals surface area contributed by atoms with E-state index in [-0.39, 0.29) is 36.0 Å². The van der Waals surface area contributed by atoms with Crippen molar-refractivity contribution in [3.63, 3.8) is 0 Å². The second-order valence-corrected chi connectivity index (χ2v) is 8.23. The van der Waals surface area contributed by atoms with Crippen molar-refractivity contribution in [2.24, 2.45) is 0 Å². The molecule has 0 spiro atoms. The van der Waals surface area contributed by atoms with Gasteiger partial charge in [0.2, 0.25) is 0 Å². The number of piperazine rings is 1. The van der Waals surface area contributed by atoms with Gasteiger partial charge in [0.1, 0.15) is 17.7 Å². The number of carbonyl (C=O) groups excluding carboxylic acids is 2. The molecule has 0 aliphatic carbocycles. The summed E-state index contributed by atoms with van der Waals surface area (Å²) in [6, 6.07) is 13.1. The summed E-state index contributed by atoms with van der Waals surface area (Å²) in [4.78, 5) is 29.1. The Kier molecular flexibility index (Phi) is 5.97. The van der Waals surface area contributed by atoms with E-state index >= 15 is 0 Å². The smallest absolute Gasteiger partial charge is 0.276 e. The van der Waals surface area contributed by atoms with E-state index in [4.69, 9.17) is 9.47 Å². The van der Waals surface area contributed by atoms with Gasteiger partial charge in [0, 0.05) is 31.7 Å². The third-order valence-corrected chi connectivity index (χ3v) is 6.23. The van der Waals surface area contributed by atoms with Crippen LogP contribution in [0.15, 0.2) is 48.5 Å². The number of methoxy groups -OCH3 is 1. The molecule has 3 aromatic rings. The number of rotatable bonds is 4. The third-order valence-electron chi connectivity index (χ3n) is 6.23. The van der Waals surface area contributed by atoms with Gasteiger partial charge in [0.15, 0.2) is 5.69 Å². The Bertz CT molecular complexity index is 1190. The monoisotopic (exact) mass is 465 g/mol. The average molecular weight is 465 g/mol. The highest BCUT2D eigenvalue weighted by molar-refractivity contribution is 5.95. The topological polar surface area (TPSA) is 89.8 Å². The van der Waals surface area contributed by atoms with Gasteiger partial charge < -0.3 is 19.3 Å². The Morgan fingerprint density at radius 1 is 0.971 bits per heavy atom. The Balaban J connectivity index is 1.21. The molecule has 34 heavy (non-hydrogen) atoms. The van der Waals surface area contributed by atoms with Crippen LogP contribution < -0.4 is 4.74 Å². The van der Waals surface area contributed by atoms with Crippen LogP contribution >= 0.6 is 0 Å². The highest BCUT2D eigenvalue weighted by Gasteiger charge is 2.32. The van der Waals surface area contributed by atoms with Crippen LogP contribution in [0.25, 0.3) is 0 Å². The lowest BCUT2D eigenvalue weighted by Crippen LogP contribution is -2.50. The number of amides is 2. The van der Waals surface area contributed by atoms with Crippen LogP contribution in [0.2, 0.25) is 0 Å². The quantitative estimate of drug-likeness (QED) is 0.588. The van der Waals surface area contributed by atoms with Gasteiger partial charge in [0.05, 0.1) is 26.0 Å². The molecule has 0 saturated carbocycles. The van der Waals surface area contributed by atoms with Crippen LogP contribution in [0.5, 0.6) is 5.75 Å². The molecule has 1 unspecified atom stereocenters. The van der Waals surface area contributed by atoms with Crippen LogP contribution in [0, 0.1) is 5.82 Å². The van der Waals surface area contributed by atoms with Crippen LogP contribution in [0.1, 0.15) is 38.2 Å². The number of nitrogens with zero attached hydrogens (tertiary/aromatic N) is 5. The van der Waals surface area contributed by atoms with Crippen molar-refractivity contribution >= 4 is 11.8 Å². The lowest BCUT2D eigenvalue weighted by molar-refractivity contribution is -0.00204. The van der Waals surface area contributed by atoms with Gasteiger partial charge >= 0.3 is 0 Å². The molecule has 1 fully saturated rings. The minimum Gasteiger partial charge on any atom is -0.497 e. The van der Waals surface area contributed by atoms with Crippen LogP contribution in [-0.2, 0) is 17.9 Å². The van der Waals surface area contributed by atoms with Gasteiger partial charge in [-0.05, 0) is 42.0 Å². The molecule has 2 aromatic carbocycles. The fourth-order valence-electron chi connectivity index (χ4n) is 4.24. The van der Waals surface area contributed by atoms with E-state index in [1.807, 2.05) is 24.3 Å². The lowest BCUT2D eigenvalue weighted by atomic mass is 10.1. The van der Waals surface area contributed by atoms with Crippen molar-refractivity contribution in [2.45, 2.75) is 19.3 Å². The molecule has 0 bridgehead atoms. The number of ether oxygens (including phenoxy) is 2. The lowest BCUT2D eigenvalue weighted by Gasteiger charge is -2.34. The number of aromatic nitrogens is 3. The number of fused-ring (bicyclic) bond motifs is 1. The third kappa shape index (κ3) is 4.24. The summed E-state index contributed by atoms with van der Waals surface area (Å²) in [7, 11) is 1.62. The second-order valence-electron chi connectivity index (χ2n) is 8.23. The molecule has 1 aromatic heterocycles. The minimum atomic E-state index is -0.386. The van der Waals surface area contributed by atoms with Crippen LogP contribution in [-0.4, -0.2) is 69.9 Å². The van der Waals surface area contributed by atoms with Gasteiger partial charge in [-0.15, -0.1) is 5.10 Å². The summed E-state index contributed by atoms with van der Waals surface area (Å²) in [5, 5.41) is 8.34. The Morgan fingerprint density at radius 3 is 2.26 bits per heavy atom. The second kappa shape index (κ2) is 9.22. The maximum absolute atomic E-state index is 13.1. The van der Waals surface area contributed by atoms with E-state index in [0.717, 1.165) is 11.3 Å². The van der Waals surface area contributed by atoms with Gasteiger partial charge in [-0.2, -0.15) is 0 Å². The summed E-state index contributed by atoms with van der Waals surface area (Å²) < 4.78 is 26.1. The van der Waals surface area contributed by atoms with Gasteiger partial charge in [-0.1, -0.05) is 17.3 Å². The normalized spacial score (nSPS) is 17.9. The van der Waals surface area contributed by atoms with Crippen LogP contribution in [0.3, 0.4) is 0 Å². The molecule has 1 atom stereocenters. The standard InChI is InChI=1S/C24H24FN5O4/c1-33-19-8-4-16(5-9-19)21-14-30-20(15-34-21)22(26-27-30)24(32)29-12-10-28(11-13-29)23(31)17-2-6-18(25)7-3-17/h2-9,21H,10-15H2,1H3. The number of benzene rings is 2. The average Bonchev–Trinajstić information content (AvgIpc) is 3.32. The zero-order valence-electron chi connectivity index (χ0n) is 18.7. The van der Waals surface area contributed by atoms with Crippen molar-refractivity contribution in [3.8, 4) is 5.75 Å². The van der Waals surface area contributed by atoms with Crippen molar-refractivity contribution in [1.29, 1.82) is 0 Å². The van der Waals surface area contributed by atoms with Crippen molar-refractivity contribution in [3.05, 3.63) is 76.9 Å². The Hall–Kier alpha value is -3.79. The fraction of sp³-hybridized carbons (Fsp3) is 0.333. The highest BCUT2D eigenvalue weighted by atomic mass is 19.1. The number of hydrogen-bond acceptors (Lipinski definition) is 6. The Labute approximate surface area is 195 Å². The molecular formula is C24H24FN5O4. The molecule has 0 radical (unpaired) electrons. The summed E-state index contributed by atoms with van der Waals surface area (Å²) in [6.45, 7) is 2.24. The molecule has 0 N–H and O–H groups in total. The molecule has 2 aliphatic heterocycles. The van der Waals surface area contributed by atoms with Crippen molar-refractivity contribution in [2.75, 3.05) is 33.3 Å². The number of hydrogen-bond donors (Lipinski definition) is 0. The van der Waals surface area contributed by atoms with E-state index in [1.165, 1.54) is 24.3 Å². The first-order chi connectivity index (χ1) is 16.5. The molecule has 2 aliphatic rings. The predicted octanol–water partition coefficient (Wildman–Crippen LogP) is 2.30. The summed E-state index contributed by atoms with van der Waals surface area (Å²) in [6.07, 6.45) is -0.191. The summed E-state index contributed by atoms with van der Waals surface area (Å²) in [5.74, 6) is -0.00985. The van der Waals surface area contributed by atoms with Crippen LogP contribution in [0.4, 0.5) is 4.39 Å². The zero-order valence-corrected chi connectivity index (χ0v) is 18.7. The van der Waals surface area contributed by atoms with E-state index in [0.29, 0.717) is 44.0 Å². The first kappa shape index (κ1) is 22.0. The molecule has 5 rings (SSSR count). The SMILES string of the molecule is COc1ccc(C2Cn3nnc(C(=O)N4CCN(C(=O)c5ccc(F)cc5)CC4)c3CO2)cc1. The largest absolute Gasteiger partial charge is 0.497 e. The molecule has 10 heteroatoms. The highest BCUT2D eigenvalue weighted by Crippen LogP contribution is 2.28. The number of halogens is 1. The van der Waals surface area contributed by atoms with E-state index in [1.54, 1.807) is 21.6 Å². The fourth-order valence-corrected chi connectivity index (χ4v) is 4.24. The maximum Gasteiger partial charge on any atom is 0.276 e. The van der Waals surface area contributed by atoms with Gasteiger partial charge in [-0.25, -0.2) is 9.07 Å². The Morgan fingerprint density at radius 2 is 1.62 bits per heavy atom. The molecule has 9 nitrogen and oxygen atoms in total. The van der Waals surface area contributed by atoms with E-state index in [9.17, 15) is 14.0 Å². The van der Waals surface area contributed by atoms with Gasteiger partial charge in [0.25, 0.3) is 11.8 Å². The molecule has 3 heterocycles. The van der Waals surface area contributed by atoms with Gasteiger partial charge in [-0.3, -0.25) is 9.59 Å². The molecule has 2 amide bonds. The predicted molar refractivity (Wildman–Crippen MR) is 119 cm³/mol. The summed E-state index contributed by atoms with van der Waals surface area (Å²) >= 11 is 0. The first-order valence-electron chi connectivity index (χ1n) is 11.1. The van der Waals surface area contributed by atoms with E-state index in [2.05, 4.69) is 10.3 Å². The van der Waals surface area contributed by atoms with Crippen molar-refractivity contribution in [1.82, 2.24) is 24.8 Å². The summed E-state index contributed by atoms with van der Waals surface area (Å²) in [5.41, 5.74) is 2.36. The molecule has 176 valence electrons.